The molecule has 7 heteroatoms. The van der Waals surface area contributed by atoms with Gasteiger partial charge in [-0.3, -0.25) is 9.52 Å². The van der Waals surface area contributed by atoms with Crippen LogP contribution in [0.3, 0.4) is 0 Å². The Kier molecular flexibility index (Phi) is 4.30. The highest BCUT2D eigenvalue weighted by atomic mass is 32.2. The van der Waals surface area contributed by atoms with Crippen LogP contribution >= 0.6 is 11.3 Å². The Morgan fingerprint density at radius 1 is 1.09 bits per heavy atom. The summed E-state index contributed by atoms with van der Waals surface area (Å²) in [5, 5.41) is 0. The number of thiophene rings is 1. The monoisotopic (exact) mass is 338 g/mol. The highest BCUT2D eigenvalue weighted by Crippen LogP contribution is 2.29. The average molecular weight is 338 g/mol. The molecule has 0 aliphatic carbocycles. The number of rotatable bonds is 4. The molecule has 0 bridgehead atoms. The first-order valence-corrected chi connectivity index (χ1v) is 8.92. The van der Waals surface area contributed by atoms with Crippen molar-refractivity contribution < 1.29 is 13.2 Å². The second-order valence-corrected chi connectivity index (χ2v) is 8.18. The normalized spacial score (nSPS) is 11.5. The molecule has 0 saturated heterocycles. The van der Waals surface area contributed by atoms with E-state index in [0.29, 0.717) is 10.6 Å². The topological polar surface area (TPSA) is 89.3 Å². The molecule has 0 saturated carbocycles. The minimum absolute atomic E-state index is 0.0886. The quantitative estimate of drug-likeness (QED) is 0.898. The number of hydrogen-bond donors (Lipinski definition) is 2. The van der Waals surface area contributed by atoms with E-state index in [2.05, 4.69) is 4.72 Å². The Balaban J connectivity index is 2.47. The molecule has 118 valence electrons. The zero-order valence-electron chi connectivity index (χ0n) is 12.9. The number of sulfonamides is 1. The summed E-state index contributed by atoms with van der Waals surface area (Å²) >= 11 is 1.08. The fourth-order valence-corrected chi connectivity index (χ4v) is 5.03. The van der Waals surface area contributed by atoms with Crippen LogP contribution in [-0.2, 0) is 10.0 Å². The van der Waals surface area contributed by atoms with E-state index in [0.717, 1.165) is 28.0 Å². The zero-order valence-corrected chi connectivity index (χ0v) is 14.5. The molecule has 0 fully saturated rings. The summed E-state index contributed by atoms with van der Waals surface area (Å²) in [6, 6.07) is 5.16. The van der Waals surface area contributed by atoms with Gasteiger partial charge in [0.15, 0.2) is 0 Å². The minimum atomic E-state index is -3.76. The van der Waals surface area contributed by atoms with E-state index in [-0.39, 0.29) is 9.77 Å². The summed E-state index contributed by atoms with van der Waals surface area (Å²) in [7, 11) is -3.76. The lowest BCUT2D eigenvalue weighted by atomic mass is 10.1. The van der Waals surface area contributed by atoms with Gasteiger partial charge in [-0.25, -0.2) is 8.42 Å². The summed E-state index contributed by atoms with van der Waals surface area (Å²) in [6.07, 6.45) is 0. The highest BCUT2D eigenvalue weighted by Gasteiger charge is 2.23. The number of anilines is 1. The lowest BCUT2D eigenvalue weighted by Crippen LogP contribution is -2.15. The van der Waals surface area contributed by atoms with Crippen molar-refractivity contribution in [2.75, 3.05) is 4.72 Å². The van der Waals surface area contributed by atoms with Crippen LogP contribution in [0.5, 0.6) is 0 Å². The van der Waals surface area contributed by atoms with E-state index in [9.17, 15) is 13.2 Å². The number of aryl methyl sites for hydroxylation is 4. The van der Waals surface area contributed by atoms with Gasteiger partial charge in [0.1, 0.15) is 4.90 Å². The van der Waals surface area contributed by atoms with Crippen molar-refractivity contribution in [3.05, 3.63) is 44.6 Å². The number of hydrogen-bond acceptors (Lipinski definition) is 4. The Labute approximate surface area is 134 Å². The molecule has 0 aliphatic heterocycles. The summed E-state index contributed by atoms with van der Waals surface area (Å²) in [5.74, 6) is -0.628. The first-order valence-electron chi connectivity index (χ1n) is 6.62. The van der Waals surface area contributed by atoms with Crippen molar-refractivity contribution in [1.29, 1.82) is 0 Å². The molecule has 2 rings (SSSR count). The number of carbonyl (C=O) groups excluding carboxylic acids is 1. The van der Waals surface area contributed by atoms with Crippen LogP contribution in [0.15, 0.2) is 23.1 Å². The van der Waals surface area contributed by atoms with Crippen LogP contribution in [0.2, 0.25) is 0 Å². The Hall–Kier alpha value is -1.86. The first kappa shape index (κ1) is 16.5. The van der Waals surface area contributed by atoms with E-state index in [1.807, 2.05) is 32.9 Å². The predicted octanol–water partition coefficient (Wildman–Crippen LogP) is 2.88. The number of benzene rings is 1. The largest absolute Gasteiger partial charge is 0.365 e. The van der Waals surface area contributed by atoms with Gasteiger partial charge < -0.3 is 5.73 Å². The molecule has 0 aliphatic rings. The van der Waals surface area contributed by atoms with Crippen molar-refractivity contribution >= 4 is 33.0 Å². The summed E-state index contributed by atoms with van der Waals surface area (Å²) < 4.78 is 27.8. The van der Waals surface area contributed by atoms with Crippen LogP contribution in [0, 0.1) is 27.7 Å². The van der Waals surface area contributed by atoms with Crippen molar-refractivity contribution in [2.45, 2.75) is 32.6 Å². The molecule has 1 amide bonds. The Morgan fingerprint density at radius 2 is 1.64 bits per heavy atom. The second kappa shape index (κ2) is 5.73. The maximum atomic E-state index is 12.6. The minimum Gasteiger partial charge on any atom is -0.365 e. The molecule has 0 unspecified atom stereocenters. The molecule has 0 radical (unpaired) electrons. The predicted molar refractivity (Wildman–Crippen MR) is 89.0 cm³/mol. The number of carbonyl (C=O) groups is 1. The number of nitrogens with one attached hydrogen (secondary N) is 1. The van der Waals surface area contributed by atoms with Crippen LogP contribution in [0.25, 0.3) is 0 Å². The van der Waals surface area contributed by atoms with E-state index in [4.69, 9.17) is 5.73 Å². The van der Waals surface area contributed by atoms with Gasteiger partial charge >= 0.3 is 0 Å². The van der Waals surface area contributed by atoms with Crippen molar-refractivity contribution in [2.24, 2.45) is 5.73 Å². The summed E-state index contributed by atoms with van der Waals surface area (Å²) in [5.41, 5.74) is 8.55. The van der Waals surface area contributed by atoms with E-state index in [1.54, 1.807) is 6.92 Å². The molecule has 3 N–H and O–H groups in total. The Bertz CT molecular complexity index is 829. The summed E-state index contributed by atoms with van der Waals surface area (Å²) in [6.45, 7) is 7.32. The van der Waals surface area contributed by atoms with E-state index < -0.39 is 15.9 Å². The van der Waals surface area contributed by atoms with Gasteiger partial charge in [-0.05, 0) is 44.9 Å². The molecule has 2 aromatic rings. The van der Waals surface area contributed by atoms with Gasteiger partial charge in [0.25, 0.3) is 15.9 Å². The molecule has 1 aromatic heterocycles. The van der Waals surface area contributed by atoms with Gasteiger partial charge in [0.2, 0.25) is 0 Å². The highest BCUT2D eigenvalue weighted by molar-refractivity contribution is 7.93. The third-order valence-electron chi connectivity index (χ3n) is 3.32. The van der Waals surface area contributed by atoms with Crippen LogP contribution < -0.4 is 10.5 Å². The smallest absolute Gasteiger partial charge is 0.263 e. The molecule has 5 nitrogen and oxygen atoms in total. The number of amides is 1. The third kappa shape index (κ3) is 3.15. The van der Waals surface area contributed by atoms with Crippen molar-refractivity contribution in [3.8, 4) is 0 Å². The van der Waals surface area contributed by atoms with Gasteiger partial charge in [0.05, 0.1) is 10.6 Å². The van der Waals surface area contributed by atoms with Gasteiger partial charge in [-0.2, -0.15) is 0 Å². The fourth-order valence-electron chi connectivity index (χ4n) is 2.38. The molecule has 0 spiro atoms. The molecule has 1 heterocycles. The molecular formula is C15H18N2O3S2. The molecule has 0 atom stereocenters. The molecule has 22 heavy (non-hydrogen) atoms. The fraction of sp³-hybridized carbons (Fsp3) is 0.267. The van der Waals surface area contributed by atoms with Crippen LogP contribution in [0.4, 0.5) is 5.69 Å². The van der Waals surface area contributed by atoms with Gasteiger partial charge in [0, 0.05) is 4.88 Å². The molecular weight excluding hydrogens is 320 g/mol. The molecule has 1 aromatic carbocycles. The second-order valence-electron chi connectivity index (χ2n) is 5.27. The zero-order chi connectivity index (χ0) is 16.7. The maximum Gasteiger partial charge on any atom is 0.263 e. The summed E-state index contributed by atoms with van der Waals surface area (Å²) in [4.78, 5) is 12.1. The van der Waals surface area contributed by atoms with Crippen molar-refractivity contribution in [1.82, 2.24) is 0 Å². The van der Waals surface area contributed by atoms with E-state index >= 15 is 0 Å². The van der Waals surface area contributed by atoms with Crippen molar-refractivity contribution in [3.63, 3.8) is 0 Å². The van der Waals surface area contributed by atoms with Gasteiger partial charge in [-0.1, -0.05) is 17.7 Å². The number of primary amides is 1. The third-order valence-corrected chi connectivity index (χ3v) is 5.99. The number of nitrogens with two attached hydrogens (primary N) is 1. The average Bonchev–Trinajstić information content (AvgIpc) is 2.77. The van der Waals surface area contributed by atoms with Crippen LogP contribution in [-0.4, -0.2) is 14.3 Å². The lowest BCUT2D eigenvalue weighted by molar-refractivity contribution is 0.100. The van der Waals surface area contributed by atoms with Crippen LogP contribution in [0.1, 0.15) is 31.2 Å². The maximum absolute atomic E-state index is 12.6. The van der Waals surface area contributed by atoms with E-state index in [1.165, 1.54) is 6.07 Å². The lowest BCUT2D eigenvalue weighted by Gasteiger charge is -2.14. The van der Waals surface area contributed by atoms with Gasteiger partial charge in [-0.15, -0.1) is 11.3 Å². The first-order chi connectivity index (χ1) is 10.1. The SMILES string of the molecule is Cc1cc(C)c(NS(=O)(=O)c2cc(C(N)=O)sc2C)c(C)c1. The Morgan fingerprint density at radius 3 is 2.09 bits per heavy atom. The standard InChI is InChI=1S/C15H18N2O3S2/c1-8-5-9(2)14(10(3)6-8)17-22(19,20)13-7-12(15(16)18)21-11(13)4/h5-7,17H,1-4H3,(H2,16,18).